The minimum absolute atomic E-state index is 0.0123. The van der Waals surface area contributed by atoms with Crippen molar-refractivity contribution in [3.05, 3.63) is 45.8 Å². The standard InChI is InChI=1S/C25H32N4OS/c1-18-9-11-20(12-10-18)29-14-13-28(16-19(29)2)17-24(30)27-25-22(15-26)21-7-5-3-4-6-8-23(21)31-25/h9-12,19H,3-8,13-14,16-17H2,1-2H3,(H,27,30). The Morgan fingerprint density at radius 2 is 1.90 bits per heavy atom. The van der Waals surface area contributed by atoms with Gasteiger partial charge < -0.3 is 10.2 Å². The first-order valence-corrected chi connectivity index (χ1v) is 12.3. The van der Waals surface area contributed by atoms with Crippen LogP contribution in [0.5, 0.6) is 0 Å². The molecule has 2 aliphatic rings. The van der Waals surface area contributed by atoms with Gasteiger partial charge in [-0.1, -0.05) is 30.5 Å². The number of nitrogens with one attached hydrogen (secondary N) is 1. The molecule has 4 rings (SSSR count). The van der Waals surface area contributed by atoms with Crippen LogP contribution in [-0.2, 0) is 17.6 Å². The number of rotatable bonds is 4. The molecule has 5 nitrogen and oxygen atoms in total. The Hall–Kier alpha value is -2.36. The summed E-state index contributed by atoms with van der Waals surface area (Å²) in [4.78, 5) is 18.8. The van der Waals surface area contributed by atoms with Crippen LogP contribution in [0.2, 0.25) is 0 Å². The second kappa shape index (κ2) is 9.84. The molecule has 0 radical (unpaired) electrons. The van der Waals surface area contributed by atoms with Crippen LogP contribution in [0, 0.1) is 18.3 Å². The number of hydrogen-bond donors (Lipinski definition) is 1. The Kier molecular flexibility index (Phi) is 6.94. The normalized spacial score (nSPS) is 19.8. The lowest BCUT2D eigenvalue weighted by atomic mass is 9.97. The summed E-state index contributed by atoms with van der Waals surface area (Å²) in [5.41, 5.74) is 4.40. The third-order valence-electron chi connectivity index (χ3n) is 6.48. The number of aryl methyl sites for hydroxylation is 2. The van der Waals surface area contributed by atoms with Crippen molar-refractivity contribution < 1.29 is 4.79 Å². The number of piperazine rings is 1. The molecule has 0 saturated carbocycles. The van der Waals surface area contributed by atoms with E-state index in [1.807, 2.05) is 0 Å². The Labute approximate surface area is 189 Å². The van der Waals surface area contributed by atoms with Crippen molar-refractivity contribution in [3.63, 3.8) is 0 Å². The molecule has 2 heterocycles. The van der Waals surface area contributed by atoms with Gasteiger partial charge in [-0.05, 0) is 57.2 Å². The summed E-state index contributed by atoms with van der Waals surface area (Å²) in [6.07, 6.45) is 6.79. The van der Waals surface area contributed by atoms with Gasteiger partial charge in [0, 0.05) is 36.2 Å². The lowest BCUT2D eigenvalue weighted by Gasteiger charge is -2.41. The zero-order chi connectivity index (χ0) is 21.8. The first-order valence-electron chi connectivity index (χ1n) is 11.5. The molecule has 1 aliphatic carbocycles. The topological polar surface area (TPSA) is 59.4 Å². The zero-order valence-corrected chi connectivity index (χ0v) is 19.4. The van der Waals surface area contributed by atoms with Crippen LogP contribution in [-0.4, -0.2) is 43.0 Å². The molecule has 31 heavy (non-hydrogen) atoms. The minimum atomic E-state index is -0.0123. The number of anilines is 2. The molecule has 164 valence electrons. The quantitative estimate of drug-likeness (QED) is 0.752. The van der Waals surface area contributed by atoms with Gasteiger partial charge in [0.05, 0.1) is 12.1 Å². The molecule has 1 fully saturated rings. The van der Waals surface area contributed by atoms with Crippen molar-refractivity contribution in [1.82, 2.24) is 4.90 Å². The molecular formula is C25H32N4OS. The number of hydrogen-bond acceptors (Lipinski definition) is 5. The van der Waals surface area contributed by atoms with E-state index in [0.29, 0.717) is 18.2 Å². The predicted molar refractivity (Wildman–Crippen MR) is 128 cm³/mol. The lowest BCUT2D eigenvalue weighted by Crippen LogP contribution is -2.53. The number of carbonyl (C=O) groups is 1. The number of nitrogens with zero attached hydrogens (tertiary/aromatic N) is 3. The average molecular weight is 437 g/mol. The van der Waals surface area contributed by atoms with E-state index in [0.717, 1.165) is 43.9 Å². The molecule has 6 heteroatoms. The van der Waals surface area contributed by atoms with E-state index in [-0.39, 0.29) is 5.91 Å². The fraction of sp³-hybridized carbons (Fsp3) is 0.520. The molecule has 1 atom stereocenters. The monoisotopic (exact) mass is 436 g/mol. The van der Waals surface area contributed by atoms with Gasteiger partial charge >= 0.3 is 0 Å². The summed E-state index contributed by atoms with van der Waals surface area (Å²) in [5.74, 6) is -0.0123. The summed E-state index contributed by atoms with van der Waals surface area (Å²) in [5, 5.41) is 13.6. The number of nitriles is 1. The minimum Gasteiger partial charge on any atom is -0.366 e. The van der Waals surface area contributed by atoms with E-state index in [2.05, 4.69) is 59.3 Å². The maximum Gasteiger partial charge on any atom is 0.239 e. The number of fused-ring (bicyclic) bond motifs is 1. The van der Waals surface area contributed by atoms with Crippen LogP contribution in [0.1, 0.15) is 54.2 Å². The summed E-state index contributed by atoms with van der Waals surface area (Å²) in [7, 11) is 0. The average Bonchev–Trinajstić information content (AvgIpc) is 3.04. The fourth-order valence-electron chi connectivity index (χ4n) is 4.79. The highest BCUT2D eigenvalue weighted by atomic mass is 32.1. The van der Waals surface area contributed by atoms with E-state index in [4.69, 9.17) is 0 Å². The highest BCUT2D eigenvalue weighted by Crippen LogP contribution is 2.36. The smallest absolute Gasteiger partial charge is 0.239 e. The molecule has 2 aromatic rings. The molecule has 1 unspecified atom stereocenters. The molecule has 1 aliphatic heterocycles. The van der Waals surface area contributed by atoms with Gasteiger partial charge in [-0.15, -0.1) is 11.3 Å². The van der Waals surface area contributed by atoms with Crippen LogP contribution < -0.4 is 10.2 Å². The molecule has 1 N–H and O–H groups in total. The van der Waals surface area contributed by atoms with Crippen molar-refractivity contribution in [2.45, 2.75) is 58.4 Å². The molecule has 1 saturated heterocycles. The van der Waals surface area contributed by atoms with Crippen molar-refractivity contribution in [3.8, 4) is 6.07 Å². The van der Waals surface area contributed by atoms with Crippen LogP contribution in [0.25, 0.3) is 0 Å². The maximum atomic E-state index is 12.8. The van der Waals surface area contributed by atoms with E-state index >= 15 is 0 Å². The zero-order valence-electron chi connectivity index (χ0n) is 18.6. The maximum absolute atomic E-state index is 12.8. The number of benzene rings is 1. The first-order chi connectivity index (χ1) is 15.0. The van der Waals surface area contributed by atoms with Crippen molar-refractivity contribution in [1.29, 1.82) is 5.26 Å². The summed E-state index contributed by atoms with van der Waals surface area (Å²) in [6, 6.07) is 11.4. The van der Waals surface area contributed by atoms with Gasteiger partial charge in [-0.25, -0.2) is 0 Å². The Morgan fingerprint density at radius 3 is 2.61 bits per heavy atom. The molecule has 1 aromatic carbocycles. The van der Waals surface area contributed by atoms with Gasteiger partial charge in [-0.3, -0.25) is 9.69 Å². The predicted octanol–water partition coefficient (Wildman–Crippen LogP) is 4.74. The van der Waals surface area contributed by atoms with Gasteiger partial charge in [0.25, 0.3) is 0 Å². The van der Waals surface area contributed by atoms with Crippen molar-refractivity contribution in [2.24, 2.45) is 0 Å². The van der Waals surface area contributed by atoms with Crippen molar-refractivity contribution in [2.75, 3.05) is 36.4 Å². The number of amides is 1. The Balaban J connectivity index is 1.37. The highest BCUT2D eigenvalue weighted by molar-refractivity contribution is 7.16. The number of carbonyl (C=O) groups excluding carboxylic acids is 1. The van der Waals surface area contributed by atoms with Crippen LogP contribution in [0.4, 0.5) is 10.7 Å². The van der Waals surface area contributed by atoms with Gasteiger partial charge in [0.2, 0.25) is 5.91 Å². The molecule has 0 spiro atoms. The molecular weight excluding hydrogens is 404 g/mol. The Bertz CT molecular complexity index is 959. The third kappa shape index (κ3) is 5.11. The van der Waals surface area contributed by atoms with Crippen LogP contribution in [0.3, 0.4) is 0 Å². The summed E-state index contributed by atoms with van der Waals surface area (Å²) >= 11 is 1.62. The molecule has 1 aromatic heterocycles. The van der Waals surface area contributed by atoms with Crippen LogP contribution >= 0.6 is 11.3 Å². The van der Waals surface area contributed by atoms with E-state index in [1.54, 1.807) is 11.3 Å². The van der Waals surface area contributed by atoms with Crippen molar-refractivity contribution >= 4 is 27.9 Å². The van der Waals surface area contributed by atoms with Crippen LogP contribution in [0.15, 0.2) is 24.3 Å². The van der Waals surface area contributed by atoms with Gasteiger partial charge in [0.1, 0.15) is 11.1 Å². The fourth-order valence-corrected chi connectivity index (χ4v) is 6.05. The lowest BCUT2D eigenvalue weighted by molar-refractivity contribution is -0.117. The first kappa shape index (κ1) is 21.9. The second-order valence-corrected chi connectivity index (χ2v) is 10.0. The summed E-state index contributed by atoms with van der Waals surface area (Å²) < 4.78 is 0. The van der Waals surface area contributed by atoms with E-state index in [1.165, 1.54) is 41.0 Å². The third-order valence-corrected chi connectivity index (χ3v) is 7.69. The summed E-state index contributed by atoms with van der Waals surface area (Å²) in [6.45, 7) is 7.32. The molecule has 0 bridgehead atoms. The second-order valence-electron chi connectivity index (χ2n) is 8.90. The number of thiophene rings is 1. The SMILES string of the molecule is Cc1ccc(N2CCN(CC(=O)Nc3sc4c(c3C#N)CCCCCC4)CC2C)cc1. The van der Waals surface area contributed by atoms with Gasteiger partial charge in [-0.2, -0.15) is 5.26 Å². The van der Waals surface area contributed by atoms with Gasteiger partial charge in [0.15, 0.2) is 0 Å². The largest absolute Gasteiger partial charge is 0.366 e. The van der Waals surface area contributed by atoms with E-state index in [9.17, 15) is 10.1 Å². The highest BCUT2D eigenvalue weighted by Gasteiger charge is 2.26. The molecule has 1 amide bonds. The Morgan fingerprint density at radius 1 is 1.16 bits per heavy atom. The van der Waals surface area contributed by atoms with E-state index < -0.39 is 0 Å².